The summed E-state index contributed by atoms with van der Waals surface area (Å²) < 4.78 is 5.92. The van der Waals surface area contributed by atoms with Gasteiger partial charge >= 0.3 is 0 Å². The van der Waals surface area contributed by atoms with Crippen LogP contribution < -0.4 is 15.0 Å². The number of anilines is 1. The molecule has 1 N–H and O–H groups in total. The molecule has 3 heterocycles. The Morgan fingerprint density at radius 3 is 3.17 bits per heavy atom. The molecule has 3 rings (SSSR count). The minimum atomic E-state index is 0.499. The number of nitrogens with zero attached hydrogens (tertiary/aromatic N) is 3. The fourth-order valence-electron chi connectivity index (χ4n) is 2.78. The Bertz CT molecular complexity index is 449. The van der Waals surface area contributed by atoms with Crippen molar-refractivity contribution in [1.82, 2.24) is 15.3 Å². The second kappa shape index (κ2) is 4.72. The predicted molar refractivity (Wildman–Crippen MR) is 70.3 cm³/mol. The van der Waals surface area contributed by atoms with Crippen molar-refractivity contribution in [3.05, 3.63) is 11.5 Å². The largest absolute Gasteiger partial charge is 0.488 e. The Hall–Kier alpha value is -1.36. The number of aryl methyl sites for hydroxylation is 2. The molecular weight excluding hydrogens is 228 g/mol. The van der Waals surface area contributed by atoms with Gasteiger partial charge in [0.05, 0.1) is 12.3 Å². The second-order valence-corrected chi connectivity index (χ2v) is 4.91. The van der Waals surface area contributed by atoms with E-state index in [2.05, 4.69) is 27.1 Å². The Morgan fingerprint density at radius 1 is 1.44 bits per heavy atom. The zero-order valence-electron chi connectivity index (χ0n) is 11.1. The van der Waals surface area contributed by atoms with Crippen LogP contribution in [0.1, 0.15) is 24.9 Å². The molecule has 1 atom stereocenters. The quantitative estimate of drug-likeness (QED) is 0.800. The number of rotatable bonds is 1. The van der Waals surface area contributed by atoms with Crippen LogP contribution in [0.2, 0.25) is 0 Å². The van der Waals surface area contributed by atoms with Crippen LogP contribution in [0.5, 0.6) is 5.75 Å². The first-order valence-corrected chi connectivity index (χ1v) is 6.77. The van der Waals surface area contributed by atoms with E-state index in [0.717, 1.165) is 62.2 Å². The molecule has 2 aliphatic heterocycles. The molecule has 0 bridgehead atoms. The van der Waals surface area contributed by atoms with E-state index in [1.165, 1.54) is 0 Å². The highest BCUT2D eigenvalue weighted by Gasteiger charge is 2.30. The number of hydrogen-bond donors (Lipinski definition) is 1. The maximum absolute atomic E-state index is 5.92. The van der Waals surface area contributed by atoms with E-state index in [4.69, 9.17) is 4.74 Å². The molecule has 0 amide bonds. The number of aromatic nitrogens is 2. The molecule has 0 aromatic carbocycles. The summed E-state index contributed by atoms with van der Waals surface area (Å²) in [6, 6.07) is 0.499. The van der Waals surface area contributed by atoms with Crippen LogP contribution in [-0.4, -0.2) is 42.3 Å². The summed E-state index contributed by atoms with van der Waals surface area (Å²) in [4.78, 5) is 11.5. The summed E-state index contributed by atoms with van der Waals surface area (Å²) in [5, 5.41) is 3.45. The third-order valence-electron chi connectivity index (χ3n) is 3.68. The fourth-order valence-corrected chi connectivity index (χ4v) is 2.78. The highest BCUT2D eigenvalue weighted by atomic mass is 16.5. The van der Waals surface area contributed by atoms with Crippen molar-refractivity contribution in [3.63, 3.8) is 0 Å². The third kappa shape index (κ3) is 1.92. The molecule has 5 heteroatoms. The van der Waals surface area contributed by atoms with E-state index < -0.39 is 0 Å². The van der Waals surface area contributed by atoms with Gasteiger partial charge in [0.1, 0.15) is 5.82 Å². The van der Waals surface area contributed by atoms with E-state index in [9.17, 15) is 0 Å². The van der Waals surface area contributed by atoms with Crippen LogP contribution in [0.3, 0.4) is 0 Å². The predicted octanol–water partition coefficient (Wildman–Crippen LogP) is 0.908. The van der Waals surface area contributed by atoms with Crippen molar-refractivity contribution in [1.29, 1.82) is 0 Å². The van der Waals surface area contributed by atoms with Gasteiger partial charge < -0.3 is 15.0 Å². The lowest BCUT2D eigenvalue weighted by Crippen LogP contribution is -2.51. The molecule has 1 aromatic rings. The van der Waals surface area contributed by atoms with Crippen LogP contribution in [0.4, 0.5) is 5.82 Å². The minimum Gasteiger partial charge on any atom is -0.488 e. The summed E-state index contributed by atoms with van der Waals surface area (Å²) in [6.45, 7) is 7.87. The lowest BCUT2D eigenvalue weighted by Gasteiger charge is -2.35. The van der Waals surface area contributed by atoms with E-state index in [0.29, 0.717) is 6.04 Å². The van der Waals surface area contributed by atoms with E-state index >= 15 is 0 Å². The average molecular weight is 248 g/mol. The van der Waals surface area contributed by atoms with Gasteiger partial charge in [0, 0.05) is 32.1 Å². The van der Waals surface area contributed by atoms with Gasteiger partial charge in [0.25, 0.3) is 0 Å². The molecule has 0 aliphatic carbocycles. The highest BCUT2D eigenvalue weighted by Crippen LogP contribution is 2.34. The smallest absolute Gasteiger partial charge is 0.183 e. The van der Waals surface area contributed by atoms with Crippen LogP contribution in [0.25, 0.3) is 0 Å². The molecule has 2 aliphatic rings. The Labute approximate surface area is 108 Å². The topological polar surface area (TPSA) is 50.3 Å². The standard InChI is InChI=1S/C13H20N4O/c1-3-11-12-13(16-9(2)15-11)17-6-5-14-8-10(17)4-7-18-12/h10,14H,3-8H2,1-2H3. The number of piperazine rings is 1. The summed E-state index contributed by atoms with van der Waals surface area (Å²) in [6.07, 6.45) is 1.94. The molecule has 1 unspecified atom stereocenters. The maximum atomic E-state index is 5.92. The molecule has 1 aromatic heterocycles. The molecule has 1 saturated heterocycles. The van der Waals surface area contributed by atoms with Gasteiger partial charge in [-0.2, -0.15) is 0 Å². The van der Waals surface area contributed by atoms with Crippen LogP contribution >= 0.6 is 0 Å². The van der Waals surface area contributed by atoms with Gasteiger partial charge in [0.2, 0.25) is 0 Å². The molecular formula is C13H20N4O. The molecule has 0 radical (unpaired) electrons. The van der Waals surface area contributed by atoms with E-state index in [1.807, 2.05) is 6.92 Å². The van der Waals surface area contributed by atoms with Gasteiger partial charge in [-0.25, -0.2) is 9.97 Å². The Kier molecular flexibility index (Phi) is 3.07. The maximum Gasteiger partial charge on any atom is 0.183 e. The summed E-state index contributed by atoms with van der Waals surface area (Å²) in [7, 11) is 0. The van der Waals surface area contributed by atoms with Crippen molar-refractivity contribution in [2.75, 3.05) is 31.1 Å². The summed E-state index contributed by atoms with van der Waals surface area (Å²) >= 11 is 0. The first kappa shape index (κ1) is 11.7. The summed E-state index contributed by atoms with van der Waals surface area (Å²) in [5.74, 6) is 2.75. The van der Waals surface area contributed by atoms with Crippen molar-refractivity contribution in [2.45, 2.75) is 32.7 Å². The first-order chi connectivity index (χ1) is 8.79. The van der Waals surface area contributed by atoms with Gasteiger partial charge in [-0.15, -0.1) is 0 Å². The van der Waals surface area contributed by atoms with E-state index in [1.54, 1.807) is 0 Å². The van der Waals surface area contributed by atoms with Gasteiger partial charge in [-0.1, -0.05) is 6.92 Å². The molecule has 5 nitrogen and oxygen atoms in total. The summed E-state index contributed by atoms with van der Waals surface area (Å²) in [5.41, 5.74) is 1.04. The average Bonchev–Trinajstić information content (AvgIpc) is 2.57. The Balaban J connectivity index is 2.08. The van der Waals surface area contributed by atoms with Gasteiger partial charge in [-0.3, -0.25) is 0 Å². The molecule has 98 valence electrons. The zero-order valence-corrected chi connectivity index (χ0v) is 11.1. The molecule has 0 saturated carbocycles. The molecule has 0 spiro atoms. The highest BCUT2D eigenvalue weighted by molar-refractivity contribution is 5.57. The van der Waals surface area contributed by atoms with Crippen LogP contribution in [0.15, 0.2) is 0 Å². The fraction of sp³-hybridized carbons (Fsp3) is 0.692. The minimum absolute atomic E-state index is 0.499. The van der Waals surface area contributed by atoms with Crippen molar-refractivity contribution < 1.29 is 4.74 Å². The number of hydrogen-bond acceptors (Lipinski definition) is 5. The van der Waals surface area contributed by atoms with Crippen LogP contribution in [-0.2, 0) is 6.42 Å². The van der Waals surface area contributed by atoms with Gasteiger partial charge in [0.15, 0.2) is 11.6 Å². The monoisotopic (exact) mass is 248 g/mol. The lowest BCUT2D eigenvalue weighted by molar-refractivity contribution is 0.300. The number of ether oxygens (including phenoxy) is 1. The van der Waals surface area contributed by atoms with Crippen molar-refractivity contribution in [3.8, 4) is 5.75 Å². The lowest BCUT2D eigenvalue weighted by atomic mass is 10.1. The number of nitrogens with one attached hydrogen (secondary N) is 1. The SMILES string of the molecule is CCc1nc(C)nc2c1OCCC1CNCCN21. The second-order valence-electron chi connectivity index (χ2n) is 4.91. The van der Waals surface area contributed by atoms with Crippen LogP contribution in [0, 0.1) is 6.92 Å². The van der Waals surface area contributed by atoms with Crippen molar-refractivity contribution >= 4 is 5.82 Å². The zero-order chi connectivity index (χ0) is 12.5. The first-order valence-electron chi connectivity index (χ1n) is 6.77. The normalized spacial score (nSPS) is 22.8. The van der Waals surface area contributed by atoms with Gasteiger partial charge in [-0.05, 0) is 13.3 Å². The van der Waals surface area contributed by atoms with E-state index in [-0.39, 0.29) is 0 Å². The molecule has 18 heavy (non-hydrogen) atoms. The van der Waals surface area contributed by atoms with Crippen molar-refractivity contribution in [2.24, 2.45) is 0 Å². The third-order valence-corrected chi connectivity index (χ3v) is 3.68. The Morgan fingerprint density at radius 2 is 2.33 bits per heavy atom. The number of fused-ring (bicyclic) bond motifs is 3. The molecule has 1 fully saturated rings.